The topological polar surface area (TPSA) is 18.5 Å². The Kier molecular flexibility index (Phi) is 5.13. The van der Waals surface area contributed by atoms with Crippen LogP contribution in [0.25, 0.3) is 0 Å². The molecule has 2 nitrogen and oxygen atoms in total. The molecule has 0 saturated heterocycles. The normalized spacial score (nSPS) is 8.80. The van der Waals surface area contributed by atoms with Crippen LogP contribution >= 0.6 is 0 Å². The van der Waals surface area contributed by atoms with Crippen LogP contribution in [0, 0.1) is 0 Å². The smallest absolute Gasteiger partial charge is 0.178 e. The summed E-state index contributed by atoms with van der Waals surface area (Å²) in [6, 6.07) is 18.8. The van der Waals surface area contributed by atoms with Gasteiger partial charge in [0.25, 0.3) is 0 Å². The number of benzene rings is 2. The molecule has 0 aliphatic rings. The van der Waals surface area contributed by atoms with Crippen LogP contribution < -0.4 is 9.78 Å². The van der Waals surface area contributed by atoms with Gasteiger partial charge in [0.05, 0.1) is 0 Å². The van der Waals surface area contributed by atoms with Crippen LogP contribution in [0.5, 0.6) is 11.5 Å². The van der Waals surface area contributed by atoms with Crippen LogP contribution in [0.15, 0.2) is 60.7 Å². The average Bonchev–Trinajstić information content (AvgIpc) is 2.29. The molecule has 0 fully saturated rings. The molecule has 2 rings (SSSR count). The number of hydrogen-bond acceptors (Lipinski definition) is 2. The Morgan fingerprint density at radius 1 is 0.533 bits per heavy atom. The summed E-state index contributed by atoms with van der Waals surface area (Å²) in [6.07, 6.45) is 0. The van der Waals surface area contributed by atoms with E-state index in [1.807, 2.05) is 60.7 Å². The van der Waals surface area contributed by atoms with Gasteiger partial charge in [-0.3, -0.25) is 9.78 Å². The minimum Gasteiger partial charge on any atom is -0.290 e. The van der Waals surface area contributed by atoms with E-state index in [4.69, 9.17) is 9.78 Å². The first-order valence-electron chi connectivity index (χ1n) is 4.40. The fraction of sp³-hybridized carbons (Fsp3) is 0. The molecule has 0 aliphatic carbocycles. The molecular weight excluding hydrogens is 385 g/mol. The molecule has 0 aliphatic heterocycles. The van der Waals surface area contributed by atoms with Gasteiger partial charge in [-0.1, -0.05) is 36.4 Å². The molecule has 0 unspecified atom stereocenters. The first-order chi connectivity index (χ1) is 6.95. The van der Waals surface area contributed by atoms with E-state index in [1.54, 1.807) is 0 Å². The second-order valence-corrected chi connectivity index (χ2v) is 2.79. The zero-order chi connectivity index (χ0) is 9.64. The summed E-state index contributed by atoms with van der Waals surface area (Å²) >= 11 is 0. The Balaban J connectivity index is 0.00000112. The number of hydrogen-bond donors (Lipinski definition) is 0. The number of para-hydroxylation sites is 2. The van der Waals surface area contributed by atoms with Crippen LogP contribution in [-0.2, 0) is 0 Å². The second-order valence-electron chi connectivity index (χ2n) is 2.79. The van der Waals surface area contributed by atoms with Crippen molar-refractivity contribution in [2.75, 3.05) is 0 Å². The van der Waals surface area contributed by atoms with Gasteiger partial charge in [0.15, 0.2) is 11.5 Å². The largest absolute Gasteiger partial charge is 0.290 e. The van der Waals surface area contributed by atoms with Crippen molar-refractivity contribution in [2.45, 2.75) is 0 Å². The van der Waals surface area contributed by atoms with Crippen LogP contribution in [0.3, 0.4) is 0 Å². The molecule has 0 aromatic heterocycles. The van der Waals surface area contributed by atoms with E-state index in [2.05, 4.69) is 0 Å². The van der Waals surface area contributed by atoms with Gasteiger partial charge < -0.3 is 0 Å². The summed E-state index contributed by atoms with van der Waals surface area (Å²) in [5, 5.41) is 0. The molecule has 15 heavy (non-hydrogen) atoms. The maximum absolute atomic E-state index is 5.09. The minimum absolute atomic E-state index is 0. The Bertz CT molecular complexity index is 336. The van der Waals surface area contributed by atoms with Crippen LogP contribution in [-0.4, -0.2) is 26.2 Å². The van der Waals surface area contributed by atoms with E-state index in [9.17, 15) is 0 Å². The van der Waals surface area contributed by atoms with Gasteiger partial charge in [-0.2, -0.15) is 0 Å². The third-order valence-corrected chi connectivity index (χ3v) is 1.72. The monoisotopic (exact) mass is 395 g/mol. The molecule has 0 N–H and O–H groups in total. The van der Waals surface area contributed by atoms with E-state index < -0.39 is 0 Å². The first kappa shape index (κ1) is 12.0. The van der Waals surface area contributed by atoms with Crippen molar-refractivity contribution in [1.29, 1.82) is 0 Å². The van der Waals surface area contributed by atoms with Gasteiger partial charge in [-0.05, 0) is 24.3 Å². The first-order valence-corrected chi connectivity index (χ1v) is 4.40. The molecule has 2 aromatic rings. The Morgan fingerprint density at radius 3 is 1.20 bits per heavy atom. The summed E-state index contributed by atoms with van der Waals surface area (Å²) in [6.45, 7) is 0. The summed E-state index contributed by atoms with van der Waals surface area (Å²) in [7, 11) is 0. The van der Waals surface area contributed by atoms with Crippen LogP contribution in [0.4, 0.5) is 0 Å². The van der Waals surface area contributed by atoms with Gasteiger partial charge in [0.1, 0.15) is 0 Å². The molecule has 0 spiro atoms. The van der Waals surface area contributed by atoms with E-state index in [1.165, 1.54) is 0 Å². The SMILES string of the molecule is [Bi].c1ccc(OOc2ccccc2)cc1. The average molecular weight is 395 g/mol. The molecule has 0 atom stereocenters. The molecule has 3 heteroatoms. The van der Waals surface area contributed by atoms with E-state index in [-0.39, 0.29) is 26.2 Å². The van der Waals surface area contributed by atoms with Crippen LogP contribution in [0.1, 0.15) is 0 Å². The molecule has 0 saturated carbocycles. The molecule has 0 bridgehead atoms. The molecule has 75 valence electrons. The number of rotatable bonds is 3. The van der Waals surface area contributed by atoms with Crippen LogP contribution in [0.2, 0.25) is 0 Å². The van der Waals surface area contributed by atoms with Crippen molar-refractivity contribution in [3.8, 4) is 11.5 Å². The van der Waals surface area contributed by atoms with Crippen molar-refractivity contribution in [3.63, 3.8) is 0 Å². The molecular formula is C12H10BiO2. The zero-order valence-corrected chi connectivity index (χ0v) is 11.5. The summed E-state index contributed by atoms with van der Waals surface area (Å²) in [5.74, 6) is 1.38. The second kappa shape index (κ2) is 6.41. The maximum Gasteiger partial charge on any atom is 0.178 e. The fourth-order valence-electron chi connectivity index (χ4n) is 1.05. The predicted molar refractivity (Wildman–Crippen MR) is 59.9 cm³/mol. The van der Waals surface area contributed by atoms with Gasteiger partial charge in [0.2, 0.25) is 0 Å². The molecule has 3 radical (unpaired) electrons. The van der Waals surface area contributed by atoms with E-state index in [0.717, 1.165) is 0 Å². The fourth-order valence-corrected chi connectivity index (χ4v) is 1.05. The Morgan fingerprint density at radius 2 is 0.867 bits per heavy atom. The van der Waals surface area contributed by atoms with Crippen molar-refractivity contribution in [3.05, 3.63) is 60.7 Å². The van der Waals surface area contributed by atoms with Crippen molar-refractivity contribution in [2.24, 2.45) is 0 Å². The van der Waals surface area contributed by atoms with E-state index >= 15 is 0 Å². The minimum atomic E-state index is 0. The Labute approximate surface area is 108 Å². The third kappa shape index (κ3) is 3.88. The molecule has 0 heterocycles. The predicted octanol–water partition coefficient (Wildman–Crippen LogP) is 2.68. The Hall–Kier alpha value is -1.08. The summed E-state index contributed by atoms with van der Waals surface area (Å²) in [4.78, 5) is 10.2. The van der Waals surface area contributed by atoms with E-state index in [0.29, 0.717) is 11.5 Å². The summed E-state index contributed by atoms with van der Waals surface area (Å²) in [5.41, 5.74) is 0. The quantitative estimate of drug-likeness (QED) is 0.452. The van der Waals surface area contributed by atoms with Crippen molar-refractivity contribution >= 4 is 26.2 Å². The van der Waals surface area contributed by atoms with Gasteiger partial charge >= 0.3 is 0 Å². The molecule has 2 aromatic carbocycles. The van der Waals surface area contributed by atoms with Crippen molar-refractivity contribution in [1.82, 2.24) is 0 Å². The summed E-state index contributed by atoms with van der Waals surface area (Å²) < 4.78 is 0. The maximum atomic E-state index is 5.09. The standard InChI is InChI=1S/C12H10O2.Bi/c1-3-7-11(8-4-1)13-14-12-9-5-2-6-10-12;/h1-10H;. The van der Waals surface area contributed by atoms with Gasteiger partial charge in [-0.15, -0.1) is 0 Å². The van der Waals surface area contributed by atoms with Gasteiger partial charge in [0, 0.05) is 26.2 Å². The van der Waals surface area contributed by atoms with Gasteiger partial charge in [-0.25, -0.2) is 0 Å². The van der Waals surface area contributed by atoms with Crippen molar-refractivity contribution < 1.29 is 9.78 Å². The third-order valence-electron chi connectivity index (χ3n) is 1.72. The molecule has 0 amide bonds. The zero-order valence-electron chi connectivity index (χ0n) is 8.04.